The maximum Gasteiger partial charge on any atom is 0.272 e. The molecule has 26 heavy (non-hydrogen) atoms. The molecule has 0 spiro atoms. The molecule has 1 fully saturated rings. The second-order valence-electron chi connectivity index (χ2n) is 5.65. The van der Waals surface area contributed by atoms with Crippen LogP contribution in [0.4, 0.5) is 11.4 Å². The fourth-order valence-electron chi connectivity index (χ4n) is 2.67. The molecule has 0 aliphatic carbocycles. The van der Waals surface area contributed by atoms with Crippen LogP contribution in [0.15, 0.2) is 30.5 Å². The largest absolute Gasteiger partial charge is 0.495 e. The number of morpholine rings is 1. The number of anilines is 2. The third-order valence-electron chi connectivity index (χ3n) is 4.03. The van der Waals surface area contributed by atoms with Gasteiger partial charge in [0.25, 0.3) is 5.91 Å². The van der Waals surface area contributed by atoms with Gasteiger partial charge in [0.15, 0.2) is 0 Å². The fraction of sp³-hybridized carbons (Fsp3) is 0.333. The molecule has 7 nitrogen and oxygen atoms in total. The zero-order valence-corrected chi connectivity index (χ0v) is 15.4. The van der Waals surface area contributed by atoms with Crippen LogP contribution in [0.1, 0.15) is 10.5 Å². The Bertz CT molecular complexity index is 794. The molecule has 1 N–H and O–H groups in total. The van der Waals surface area contributed by atoms with E-state index < -0.39 is 0 Å². The number of rotatable bonds is 5. The van der Waals surface area contributed by atoms with Gasteiger partial charge in [0.2, 0.25) is 0 Å². The number of aromatic nitrogens is 1. The summed E-state index contributed by atoms with van der Waals surface area (Å²) in [6, 6.07) is 6.89. The number of benzene rings is 1. The fourth-order valence-corrected chi connectivity index (χ4v) is 2.90. The van der Waals surface area contributed by atoms with E-state index in [0.29, 0.717) is 59.9 Å². The van der Waals surface area contributed by atoms with E-state index >= 15 is 0 Å². The van der Waals surface area contributed by atoms with Crippen molar-refractivity contribution in [2.45, 2.75) is 0 Å². The predicted octanol–water partition coefficient (Wildman–Crippen LogP) is 2.97. The van der Waals surface area contributed by atoms with E-state index in [4.69, 9.17) is 25.8 Å². The van der Waals surface area contributed by atoms with Crippen LogP contribution in [-0.4, -0.2) is 56.3 Å². The molecule has 1 aliphatic rings. The zero-order chi connectivity index (χ0) is 18.5. The number of amides is 1. The van der Waals surface area contributed by atoms with Gasteiger partial charge in [-0.05, 0) is 12.1 Å². The third-order valence-corrected chi connectivity index (χ3v) is 4.33. The quantitative estimate of drug-likeness (QED) is 0.863. The van der Waals surface area contributed by atoms with Gasteiger partial charge in [0.05, 0.1) is 38.1 Å². The van der Waals surface area contributed by atoms with E-state index in [1.54, 1.807) is 49.6 Å². The van der Waals surface area contributed by atoms with Crippen LogP contribution in [0.2, 0.25) is 5.02 Å². The number of pyridine rings is 1. The lowest BCUT2D eigenvalue weighted by atomic mass is 10.2. The topological polar surface area (TPSA) is 72.9 Å². The summed E-state index contributed by atoms with van der Waals surface area (Å²) in [5.41, 5.74) is 1.75. The Morgan fingerprint density at radius 1 is 1.19 bits per heavy atom. The molecule has 8 heteroatoms. The van der Waals surface area contributed by atoms with Crippen molar-refractivity contribution in [1.82, 2.24) is 9.88 Å². The van der Waals surface area contributed by atoms with Crippen LogP contribution in [0.25, 0.3) is 0 Å². The molecular formula is C18H20ClN3O4. The molecule has 0 radical (unpaired) electrons. The molecule has 1 aliphatic heterocycles. The van der Waals surface area contributed by atoms with Gasteiger partial charge in [-0.15, -0.1) is 0 Å². The molecule has 0 unspecified atom stereocenters. The van der Waals surface area contributed by atoms with Crippen molar-refractivity contribution in [2.24, 2.45) is 0 Å². The van der Waals surface area contributed by atoms with E-state index in [1.165, 1.54) is 0 Å². The summed E-state index contributed by atoms with van der Waals surface area (Å²) in [6.45, 7) is 2.23. The Morgan fingerprint density at radius 2 is 1.92 bits per heavy atom. The molecule has 1 aromatic carbocycles. The highest BCUT2D eigenvalue weighted by Crippen LogP contribution is 2.37. The maximum absolute atomic E-state index is 12.6. The summed E-state index contributed by atoms with van der Waals surface area (Å²) in [5.74, 6) is 0.972. The van der Waals surface area contributed by atoms with Crippen LogP contribution in [0, 0.1) is 0 Å². The third kappa shape index (κ3) is 4.00. The number of hydrogen-bond acceptors (Lipinski definition) is 6. The Labute approximate surface area is 156 Å². The smallest absolute Gasteiger partial charge is 0.272 e. The van der Waals surface area contributed by atoms with Crippen LogP contribution in [-0.2, 0) is 4.74 Å². The first kappa shape index (κ1) is 18.3. The minimum absolute atomic E-state index is 0.113. The maximum atomic E-state index is 12.6. The number of hydrogen-bond donors (Lipinski definition) is 1. The summed E-state index contributed by atoms with van der Waals surface area (Å²) >= 11 is 6.13. The Hall–Kier alpha value is -2.51. The summed E-state index contributed by atoms with van der Waals surface area (Å²) in [7, 11) is 3.10. The van der Waals surface area contributed by atoms with Crippen molar-refractivity contribution >= 4 is 28.9 Å². The number of carbonyl (C=O) groups excluding carboxylic acids is 1. The highest BCUT2D eigenvalue weighted by Gasteiger charge is 2.20. The van der Waals surface area contributed by atoms with Gasteiger partial charge in [0.1, 0.15) is 17.2 Å². The average Bonchev–Trinajstić information content (AvgIpc) is 2.69. The first-order valence-electron chi connectivity index (χ1n) is 8.14. The van der Waals surface area contributed by atoms with Crippen molar-refractivity contribution in [3.63, 3.8) is 0 Å². The second kappa shape index (κ2) is 8.25. The minimum atomic E-state index is -0.113. The average molecular weight is 378 g/mol. The molecule has 2 heterocycles. The predicted molar refractivity (Wildman–Crippen MR) is 98.8 cm³/mol. The molecule has 1 saturated heterocycles. The molecule has 0 bridgehead atoms. The van der Waals surface area contributed by atoms with Crippen LogP contribution in [0.5, 0.6) is 11.5 Å². The lowest BCUT2D eigenvalue weighted by Crippen LogP contribution is -2.41. The summed E-state index contributed by atoms with van der Waals surface area (Å²) in [6.07, 6.45) is 1.59. The zero-order valence-electron chi connectivity index (χ0n) is 14.6. The summed E-state index contributed by atoms with van der Waals surface area (Å²) in [4.78, 5) is 18.5. The van der Waals surface area contributed by atoms with Gasteiger partial charge in [-0.25, -0.2) is 0 Å². The lowest BCUT2D eigenvalue weighted by molar-refractivity contribution is 0.0299. The number of carbonyl (C=O) groups is 1. The highest BCUT2D eigenvalue weighted by molar-refractivity contribution is 6.32. The summed E-state index contributed by atoms with van der Waals surface area (Å²) < 4.78 is 15.9. The number of methoxy groups -OCH3 is 2. The van der Waals surface area contributed by atoms with Crippen molar-refractivity contribution in [1.29, 1.82) is 0 Å². The monoisotopic (exact) mass is 377 g/mol. The van der Waals surface area contributed by atoms with Crippen LogP contribution < -0.4 is 14.8 Å². The molecule has 1 amide bonds. The van der Waals surface area contributed by atoms with Gasteiger partial charge in [0, 0.05) is 37.1 Å². The molecular weight excluding hydrogens is 358 g/mol. The van der Waals surface area contributed by atoms with Crippen LogP contribution in [0.3, 0.4) is 0 Å². The van der Waals surface area contributed by atoms with Crippen molar-refractivity contribution in [2.75, 3.05) is 45.8 Å². The minimum Gasteiger partial charge on any atom is -0.495 e. The highest BCUT2D eigenvalue weighted by atomic mass is 35.5. The first-order chi connectivity index (χ1) is 12.6. The molecule has 2 aromatic rings. The lowest BCUT2D eigenvalue weighted by Gasteiger charge is -2.26. The molecule has 0 saturated carbocycles. The van der Waals surface area contributed by atoms with Gasteiger partial charge >= 0.3 is 0 Å². The van der Waals surface area contributed by atoms with Crippen molar-refractivity contribution < 1.29 is 19.0 Å². The van der Waals surface area contributed by atoms with E-state index in [9.17, 15) is 4.79 Å². The van der Waals surface area contributed by atoms with Crippen molar-refractivity contribution in [3.05, 3.63) is 41.2 Å². The van der Waals surface area contributed by atoms with E-state index in [0.717, 1.165) is 0 Å². The van der Waals surface area contributed by atoms with E-state index in [-0.39, 0.29) is 5.91 Å². The van der Waals surface area contributed by atoms with Gasteiger partial charge in [-0.1, -0.05) is 11.6 Å². The number of ether oxygens (including phenoxy) is 3. The van der Waals surface area contributed by atoms with E-state index in [1.807, 2.05) is 0 Å². The molecule has 1 aromatic heterocycles. The molecule has 3 rings (SSSR count). The molecule has 138 valence electrons. The Morgan fingerprint density at radius 3 is 2.62 bits per heavy atom. The number of nitrogens with one attached hydrogen (secondary N) is 1. The number of halogens is 1. The number of nitrogens with zero attached hydrogens (tertiary/aromatic N) is 2. The molecule has 0 atom stereocenters. The second-order valence-corrected chi connectivity index (χ2v) is 6.05. The summed E-state index contributed by atoms with van der Waals surface area (Å²) in [5, 5.41) is 3.68. The van der Waals surface area contributed by atoms with Gasteiger partial charge in [-0.2, -0.15) is 0 Å². The SMILES string of the molecule is COc1cc(Nc2ccnc(C(=O)N3CCOCC3)c2)c(OC)cc1Cl. The Balaban J connectivity index is 1.84. The standard InChI is InChI=1S/C18H20ClN3O4/c1-24-16-11-14(17(25-2)10-13(16)19)21-12-3-4-20-15(9-12)18(23)22-5-7-26-8-6-22/h3-4,9-11H,5-8H2,1-2H3,(H,20,21). The van der Waals surface area contributed by atoms with Crippen molar-refractivity contribution in [3.8, 4) is 11.5 Å². The van der Waals surface area contributed by atoms with Gasteiger partial charge in [-0.3, -0.25) is 9.78 Å². The van der Waals surface area contributed by atoms with Crippen LogP contribution >= 0.6 is 11.6 Å². The van der Waals surface area contributed by atoms with Gasteiger partial charge < -0.3 is 24.4 Å². The Kier molecular flexibility index (Phi) is 5.80. The first-order valence-corrected chi connectivity index (χ1v) is 8.52. The van der Waals surface area contributed by atoms with E-state index in [2.05, 4.69) is 10.3 Å². The normalized spacial score (nSPS) is 14.0.